The van der Waals surface area contributed by atoms with E-state index in [0.29, 0.717) is 42.1 Å². The Labute approximate surface area is 209 Å². The zero-order valence-corrected chi connectivity index (χ0v) is 21.5. The number of carbonyl (C=O) groups is 2. The van der Waals surface area contributed by atoms with Gasteiger partial charge in [0.2, 0.25) is 5.91 Å². The van der Waals surface area contributed by atoms with E-state index in [1.807, 2.05) is 9.95 Å². The molecule has 9 heteroatoms. The number of nitrogens with one attached hydrogen (secondary N) is 2. The highest BCUT2D eigenvalue weighted by molar-refractivity contribution is 7.07. The molecule has 35 heavy (non-hydrogen) atoms. The van der Waals surface area contributed by atoms with Crippen molar-refractivity contribution in [2.75, 3.05) is 25.0 Å². The van der Waals surface area contributed by atoms with Crippen LogP contribution in [0.4, 0.5) is 5.69 Å². The molecule has 2 heterocycles. The molecule has 0 saturated heterocycles. The monoisotopic (exact) mass is 495 g/mol. The van der Waals surface area contributed by atoms with Crippen LogP contribution in [-0.2, 0) is 16.8 Å². The van der Waals surface area contributed by atoms with Crippen molar-refractivity contribution in [3.05, 3.63) is 64.0 Å². The summed E-state index contributed by atoms with van der Waals surface area (Å²) >= 11 is 1.40. The molecule has 3 rings (SSSR count). The number of hydrogen-bond acceptors (Lipinski definition) is 6. The number of pyridine rings is 1. The minimum Gasteiger partial charge on any atom is -0.395 e. The molecule has 0 saturated carbocycles. The second-order valence-electron chi connectivity index (χ2n) is 9.21. The number of benzene rings is 1. The van der Waals surface area contributed by atoms with Crippen molar-refractivity contribution in [1.82, 2.24) is 14.9 Å². The topological polar surface area (TPSA) is 109 Å². The van der Waals surface area contributed by atoms with Gasteiger partial charge in [0.15, 0.2) is 4.80 Å². The van der Waals surface area contributed by atoms with Gasteiger partial charge in [-0.25, -0.2) is 0 Å². The van der Waals surface area contributed by atoms with E-state index in [-0.39, 0.29) is 17.9 Å². The second-order valence-corrected chi connectivity index (χ2v) is 10.0. The van der Waals surface area contributed by atoms with Gasteiger partial charge in [0.25, 0.3) is 5.91 Å². The van der Waals surface area contributed by atoms with Crippen LogP contribution in [0.25, 0.3) is 11.3 Å². The maximum Gasteiger partial charge on any atom is 0.283 e. The van der Waals surface area contributed by atoms with Crippen molar-refractivity contribution >= 4 is 28.8 Å². The molecular weight excluding hydrogens is 462 g/mol. The highest BCUT2D eigenvalue weighted by Crippen LogP contribution is 2.26. The SMILES string of the molecule is CC(=O)NCCCn1c(-c2ccc(C(C)(C)C)cc2)csc1=NC(=O)c1cnccc1NCCO. The van der Waals surface area contributed by atoms with E-state index in [9.17, 15) is 9.59 Å². The number of aromatic nitrogens is 2. The maximum absolute atomic E-state index is 13.1. The Balaban J connectivity index is 1.98. The van der Waals surface area contributed by atoms with E-state index in [1.165, 1.54) is 30.0 Å². The van der Waals surface area contributed by atoms with Crippen LogP contribution >= 0.6 is 11.3 Å². The van der Waals surface area contributed by atoms with E-state index >= 15 is 0 Å². The average molecular weight is 496 g/mol. The quantitative estimate of drug-likeness (QED) is 0.393. The molecular formula is C26H33N5O3S. The van der Waals surface area contributed by atoms with Gasteiger partial charge in [-0.3, -0.25) is 14.6 Å². The second kappa shape index (κ2) is 11.9. The van der Waals surface area contributed by atoms with Crippen LogP contribution in [0.2, 0.25) is 0 Å². The maximum atomic E-state index is 13.1. The predicted octanol–water partition coefficient (Wildman–Crippen LogP) is 3.58. The van der Waals surface area contributed by atoms with Gasteiger partial charge in [-0.05, 0) is 29.0 Å². The first-order chi connectivity index (χ1) is 16.7. The fraction of sp³-hybridized carbons (Fsp3) is 0.385. The molecule has 0 aliphatic rings. The van der Waals surface area contributed by atoms with Crippen LogP contribution in [0.5, 0.6) is 0 Å². The van der Waals surface area contributed by atoms with Crippen molar-refractivity contribution in [3.63, 3.8) is 0 Å². The Kier molecular flexibility index (Phi) is 8.95. The first kappa shape index (κ1) is 26.3. The average Bonchev–Trinajstić information content (AvgIpc) is 3.22. The first-order valence-corrected chi connectivity index (χ1v) is 12.5. The van der Waals surface area contributed by atoms with Gasteiger partial charge < -0.3 is 20.3 Å². The molecule has 3 N–H and O–H groups in total. The molecule has 0 bridgehead atoms. The third kappa shape index (κ3) is 7.10. The molecule has 0 aliphatic carbocycles. The number of carbonyl (C=O) groups excluding carboxylic acids is 2. The van der Waals surface area contributed by atoms with Gasteiger partial charge in [0.1, 0.15) is 0 Å². The van der Waals surface area contributed by atoms with Crippen LogP contribution < -0.4 is 15.4 Å². The summed E-state index contributed by atoms with van der Waals surface area (Å²) in [5, 5.41) is 17.0. The molecule has 0 fully saturated rings. The Morgan fingerprint density at radius 2 is 1.89 bits per heavy atom. The van der Waals surface area contributed by atoms with Gasteiger partial charge in [0, 0.05) is 44.3 Å². The number of amides is 2. The van der Waals surface area contributed by atoms with Crippen LogP contribution in [0.15, 0.2) is 53.1 Å². The van der Waals surface area contributed by atoms with E-state index in [4.69, 9.17) is 5.11 Å². The Hall–Kier alpha value is -3.30. The zero-order chi connectivity index (χ0) is 25.4. The van der Waals surface area contributed by atoms with Gasteiger partial charge >= 0.3 is 0 Å². The van der Waals surface area contributed by atoms with Gasteiger partial charge in [0.05, 0.1) is 23.6 Å². The number of rotatable bonds is 9. The fourth-order valence-corrected chi connectivity index (χ4v) is 4.50. The lowest BCUT2D eigenvalue weighted by atomic mass is 9.86. The first-order valence-electron chi connectivity index (χ1n) is 11.6. The largest absolute Gasteiger partial charge is 0.395 e. The molecule has 0 spiro atoms. The highest BCUT2D eigenvalue weighted by Gasteiger charge is 2.16. The molecule has 3 aromatic rings. The summed E-state index contributed by atoms with van der Waals surface area (Å²) in [5.74, 6) is -0.483. The van der Waals surface area contributed by atoms with Crippen LogP contribution in [-0.4, -0.2) is 46.2 Å². The summed E-state index contributed by atoms with van der Waals surface area (Å²) in [4.78, 5) is 33.4. The highest BCUT2D eigenvalue weighted by atomic mass is 32.1. The van der Waals surface area contributed by atoms with Crippen molar-refractivity contribution < 1.29 is 14.7 Å². The van der Waals surface area contributed by atoms with E-state index in [0.717, 1.165) is 11.3 Å². The molecule has 0 radical (unpaired) electrons. The lowest BCUT2D eigenvalue weighted by Crippen LogP contribution is -2.24. The van der Waals surface area contributed by atoms with Crippen molar-refractivity contribution in [1.29, 1.82) is 0 Å². The van der Waals surface area contributed by atoms with Crippen LogP contribution in [0, 0.1) is 0 Å². The van der Waals surface area contributed by atoms with Gasteiger partial charge in [-0.15, -0.1) is 11.3 Å². The van der Waals surface area contributed by atoms with E-state index < -0.39 is 5.91 Å². The third-order valence-electron chi connectivity index (χ3n) is 5.45. The number of hydrogen-bond donors (Lipinski definition) is 3. The Morgan fingerprint density at radius 1 is 1.14 bits per heavy atom. The zero-order valence-electron chi connectivity index (χ0n) is 20.7. The minimum atomic E-state index is -0.411. The number of thiazole rings is 1. The van der Waals surface area contributed by atoms with Crippen LogP contribution in [0.3, 0.4) is 0 Å². The summed E-state index contributed by atoms with van der Waals surface area (Å²) in [5.41, 5.74) is 4.22. The summed E-state index contributed by atoms with van der Waals surface area (Å²) in [7, 11) is 0. The lowest BCUT2D eigenvalue weighted by molar-refractivity contribution is -0.118. The van der Waals surface area contributed by atoms with Gasteiger partial charge in [-0.2, -0.15) is 4.99 Å². The summed E-state index contributed by atoms with van der Waals surface area (Å²) in [6, 6.07) is 10.1. The van der Waals surface area contributed by atoms with Crippen LogP contribution in [0.1, 0.15) is 50.0 Å². The van der Waals surface area contributed by atoms with Crippen molar-refractivity contribution in [3.8, 4) is 11.3 Å². The Morgan fingerprint density at radius 3 is 2.54 bits per heavy atom. The molecule has 1 aromatic carbocycles. The fourth-order valence-electron chi connectivity index (χ4n) is 3.56. The molecule has 0 atom stereocenters. The summed E-state index contributed by atoms with van der Waals surface area (Å²) in [6.45, 7) is 9.43. The standard InChI is InChI=1S/C26H33N5O3S/c1-18(33)28-11-5-14-31-23(19-6-8-20(9-7-19)26(2,3)4)17-35-25(31)30-24(34)21-16-27-12-10-22(21)29-13-15-32/h6-10,12,16-17,32H,5,11,13-15H2,1-4H3,(H,27,29)(H,28,33). The minimum absolute atomic E-state index is 0.0519. The smallest absolute Gasteiger partial charge is 0.283 e. The Bertz CT molecular complexity index is 1220. The van der Waals surface area contributed by atoms with Gasteiger partial charge in [-0.1, -0.05) is 45.0 Å². The third-order valence-corrected chi connectivity index (χ3v) is 6.32. The number of nitrogens with zero attached hydrogens (tertiary/aromatic N) is 3. The van der Waals surface area contributed by atoms with Crippen molar-refractivity contribution in [2.24, 2.45) is 4.99 Å². The number of aliphatic hydroxyl groups excluding tert-OH is 1. The molecule has 2 amide bonds. The summed E-state index contributed by atoms with van der Waals surface area (Å²) in [6.07, 6.45) is 3.76. The number of aliphatic hydroxyl groups is 1. The van der Waals surface area contributed by atoms with E-state index in [1.54, 1.807) is 12.3 Å². The molecule has 186 valence electrons. The molecule has 0 aliphatic heterocycles. The van der Waals surface area contributed by atoms with E-state index in [2.05, 4.69) is 65.6 Å². The normalized spacial score (nSPS) is 12.0. The molecule has 8 nitrogen and oxygen atoms in total. The van der Waals surface area contributed by atoms with Crippen molar-refractivity contribution in [2.45, 2.75) is 46.1 Å². The number of anilines is 1. The molecule has 0 unspecified atom stereocenters. The summed E-state index contributed by atoms with van der Waals surface area (Å²) < 4.78 is 2.02. The lowest BCUT2D eigenvalue weighted by Gasteiger charge is -2.19. The molecule has 2 aromatic heterocycles. The predicted molar refractivity (Wildman–Crippen MR) is 139 cm³/mol.